The molecule has 0 spiro atoms. The van der Waals surface area contributed by atoms with E-state index in [-0.39, 0.29) is 18.4 Å². The topological polar surface area (TPSA) is 67.4 Å². The molecular weight excluding hydrogens is 388 g/mol. The Labute approximate surface area is 174 Å². The highest BCUT2D eigenvalue weighted by Gasteiger charge is 2.09. The number of amides is 2. The van der Waals surface area contributed by atoms with E-state index in [9.17, 15) is 9.59 Å². The van der Waals surface area contributed by atoms with Crippen LogP contribution in [0.25, 0.3) is 0 Å². The van der Waals surface area contributed by atoms with Gasteiger partial charge in [0.1, 0.15) is 5.75 Å². The van der Waals surface area contributed by atoms with Gasteiger partial charge in [-0.15, -0.1) is 0 Å². The molecule has 0 aliphatic rings. The minimum atomic E-state index is -0.243. The molecule has 0 atom stereocenters. The Morgan fingerprint density at radius 2 is 1.59 bits per heavy atom. The van der Waals surface area contributed by atoms with Crippen molar-refractivity contribution in [2.24, 2.45) is 0 Å². The van der Waals surface area contributed by atoms with Crippen molar-refractivity contribution in [1.82, 2.24) is 0 Å². The molecule has 0 aliphatic heterocycles. The van der Waals surface area contributed by atoms with Crippen LogP contribution in [-0.4, -0.2) is 18.4 Å². The molecule has 6 heteroatoms. The minimum Gasteiger partial charge on any atom is -0.484 e. The second kappa shape index (κ2) is 9.75. The Morgan fingerprint density at radius 3 is 2.28 bits per heavy atom. The summed E-state index contributed by atoms with van der Waals surface area (Å²) in [6.45, 7) is 1.92. The summed E-state index contributed by atoms with van der Waals surface area (Å²) in [5, 5.41) is 6.25. The third-order valence-corrected chi connectivity index (χ3v) is 4.51. The number of nitrogens with one attached hydrogen (secondary N) is 2. The van der Waals surface area contributed by atoms with Gasteiger partial charge in [0.15, 0.2) is 6.61 Å². The van der Waals surface area contributed by atoms with Crippen molar-refractivity contribution in [3.8, 4) is 5.75 Å². The van der Waals surface area contributed by atoms with Gasteiger partial charge in [-0.25, -0.2) is 0 Å². The number of hydrogen-bond donors (Lipinski definition) is 2. The molecular formula is C23H21ClN2O3. The van der Waals surface area contributed by atoms with Crippen LogP contribution in [0.2, 0.25) is 5.02 Å². The Bertz CT molecular complexity index is 986. The van der Waals surface area contributed by atoms with Gasteiger partial charge in [0.2, 0.25) is 0 Å². The van der Waals surface area contributed by atoms with Gasteiger partial charge in [-0.2, -0.15) is 0 Å². The number of ether oxygens (including phenoxy) is 1. The maximum absolute atomic E-state index is 12.3. The molecule has 3 rings (SSSR count). The smallest absolute Gasteiger partial charge is 0.262 e. The highest BCUT2D eigenvalue weighted by atomic mass is 35.5. The van der Waals surface area contributed by atoms with E-state index in [4.69, 9.17) is 16.3 Å². The molecule has 3 aromatic rings. The average molecular weight is 409 g/mol. The normalized spacial score (nSPS) is 10.3. The van der Waals surface area contributed by atoms with Crippen molar-refractivity contribution in [1.29, 1.82) is 0 Å². The van der Waals surface area contributed by atoms with Crippen molar-refractivity contribution < 1.29 is 14.3 Å². The molecule has 0 bridgehead atoms. The monoisotopic (exact) mass is 408 g/mol. The first-order valence-corrected chi connectivity index (χ1v) is 9.60. The van der Waals surface area contributed by atoms with Crippen LogP contribution < -0.4 is 15.4 Å². The quantitative estimate of drug-likeness (QED) is 0.566. The fourth-order valence-electron chi connectivity index (χ4n) is 2.72. The van der Waals surface area contributed by atoms with E-state index >= 15 is 0 Å². The zero-order chi connectivity index (χ0) is 20.6. The van der Waals surface area contributed by atoms with Crippen LogP contribution in [0.5, 0.6) is 5.75 Å². The van der Waals surface area contributed by atoms with Crippen LogP contribution in [0.3, 0.4) is 0 Å². The number of benzene rings is 3. The first-order chi connectivity index (χ1) is 14.0. The molecule has 29 heavy (non-hydrogen) atoms. The largest absolute Gasteiger partial charge is 0.484 e. The molecule has 0 aliphatic carbocycles. The summed E-state index contributed by atoms with van der Waals surface area (Å²) >= 11 is 5.84. The van der Waals surface area contributed by atoms with Gasteiger partial charge in [-0.05, 0) is 66.6 Å². The first-order valence-electron chi connectivity index (χ1n) is 9.22. The highest BCUT2D eigenvalue weighted by molar-refractivity contribution is 6.30. The molecule has 3 aromatic carbocycles. The lowest BCUT2D eigenvalue weighted by Crippen LogP contribution is -2.21. The maximum atomic E-state index is 12.3. The number of anilines is 2. The van der Waals surface area contributed by atoms with Crippen molar-refractivity contribution in [2.75, 3.05) is 17.2 Å². The van der Waals surface area contributed by atoms with E-state index in [2.05, 4.69) is 10.6 Å². The number of para-hydroxylation sites is 1. The van der Waals surface area contributed by atoms with E-state index in [0.717, 1.165) is 17.7 Å². The molecule has 5 nitrogen and oxygen atoms in total. The predicted octanol–water partition coefficient (Wildman–Crippen LogP) is 5.17. The molecule has 0 radical (unpaired) electrons. The molecule has 0 saturated heterocycles. The lowest BCUT2D eigenvalue weighted by molar-refractivity contribution is -0.118. The Hall–Kier alpha value is -3.31. The predicted molar refractivity (Wildman–Crippen MR) is 116 cm³/mol. The maximum Gasteiger partial charge on any atom is 0.262 e. The molecule has 0 fully saturated rings. The summed E-state index contributed by atoms with van der Waals surface area (Å²) in [5.74, 6) is 0.0233. The zero-order valence-electron chi connectivity index (χ0n) is 15.9. The fourth-order valence-corrected chi connectivity index (χ4v) is 2.85. The summed E-state index contributed by atoms with van der Waals surface area (Å²) in [5.41, 5.74) is 2.99. The second-order valence-electron chi connectivity index (χ2n) is 6.33. The summed E-state index contributed by atoms with van der Waals surface area (Å²) < 4.78 is 5.52. The van der Waals surface area contributed by atoms with Crippen molar-refractivity contribution in [2.45, 2.75) is 13.3 Å². The van der Waals surface area contributed by atoms with Crippen molar-refractivity contribution in [3.05, 3.63) is 88.9 Å². The number of carbonyl (C=O) groups excluding carboxylic acids is 2. The van der Waals surface area contributed by atoms with Gasteiger partial charge < -0.3 is 15.4 Å². The van der Waals surface area contributed by atoms with E-state index in [1.54, 1.807) is 48.5 Å². The van der Waals surface area contributed by atoms with Crippen molar-refractivity contribution >= 4 is 34.8 Å². The highest BCUT2D eigenvalue weighted by Crippen LogP contribution is 2.18. The third-order valence-electron chi connectivity index (χ3n) is 4.26. The first kappa shape index (κ1) is 20.4. The summed E-state index contributed by atoms with van der Waals surface area (Å²) in [6.07, 6.45) is 0.830. The van der Waals surface area contributed by atoms with Crippen LogP contribution in [0, 0.1) is 0 Å². The Balaban J connectivity index is 1.52. The molecule has 0 heterocycles. The second-order valence-corrected chi connectivity index (χ2v) is 6.77. The number of halogens is 1. The molecule has 0 unspecified atom stereocenters. The van der Waals surface area contributed by atoms with Crippen molar-refractivity contribution in [3.63, 3.8) is 0 Å². The third kappa shape index (κ3) is 5.83. The standard InChI is InChI=1S/C23H21ClN2O3/c1-2-16-5-3-4-6-21(16)26-22(27)15-29-20-13-7-17(8-14-20)23(28)25-19-11-9-18(24)10-12-19/h3-14H,2,15H2,1H3,(H,25,28)(H,26,27). The van der Waals surface area contributed by atoms with Crippen LogP contribution in [0.4, 0.5) is 11.4 Å². The number of rotatable bonds is 7. The summed E-state index contributed by atoms with van der Waals surface area (Å²) in [4.78, 5) is 24.4. The summed E-state index contributed by atoms with van der Waals surface area (Å²) in [7, 11) is 0. The minimum absolute atomic E-state index is 0.117. The van der Waals surface area contributed by atoms with Gasteiger partial charge in [-0.3, -0.25) is 9.59 Å². The molecule has 2 amide bonds. The van der Waals surface area contributed by atoms with Gasteiger partial charge >= 0.3 is 0 Å². The van der Waals surface area contributed by atoms with Crippen LogP contribution in [-0.2, 0) is 11.2 Å². The van der Waals surface area contributed by atoms with Gasteiger partial charge in [0, 0.05) is 22.0 Å². The van der Waals surface area contributed by atoms with Gasteiger partial charge in [0.25, 0.3) is 11.8 Å². The molecule has 0 saturated carbocycles. The zero-order valence-corrected chi connectivity index (χ0v) is 16.7. The van der Waals surface area contributed by atoms with Crippen LogP contribution >= 0.6 is 11.6 Å². The number of carbonyl (C=O) groups is 2. The molecule has 148 valence electrons. The SMILES string of the molecule is CCc1ccccc1NC(=O)COc1ccc(C(=O)Nc2ccc(Cl)cc2)cc1. The molecule has 0 aromatic heterocycles. The number of aryl methyl sites for hydroxylation is 1. The van der Waals surface area contributed by atoms with E-state index < -0.39 is 0 Å². The van der Waals surface area contributed by atoms with Crippen LogP contribution in [0.15, 0.2) is 72.8 Å². The Kier molecular flexibility index (Phi) is 6.87. The van der Waals surface area contributed by atoms with E-state index in [1.165, 1.54) is 0 Å². The lowest BCUT2D eigenvalue weighted by atomic mass is 10.1. The van der Waals surface area contributed by atoms with E-state index in [1.807, 2.05) is 31.2 Å². The Morgan fingerprint density at radius 1 is 0.897 bits per heavy atom. The van der Waals surface area contributed by atoms with Gasteiger partial charge in [0.05, 0.1) is 0 Å². The average Bonchev–Trinajstić information content (AvgIpc) is 2.74. The lowest BCUT2D eigenvalue weighted by Gasteiger charge is -2.11. The number of hydrogen-bond acceptors (Lipinski definition) is 3. The van der Waals surface area contributed by atoms with E-state index in [0.29, 0.717) is 22.0 Å². The fraction of sp³-hybridized carbons (Fsp3) is 0.130. The van der Waals surface area contributed by atoms with Crippen LogP contribution in [0.1, 0.15) is 22.8 Å². The summed E-state index contributed by atoms with van der Waals surface area (Å²) in [6, 6.07) is 21.1. The van der Waals surface area contributed by atoms with Gasteiger partial charge in [-0.1, -0.05) is 36.7 Å². The molecule has 2 N–H and O–H groups in total.